The van der Waals surface area contributed by atoms with Crippen molar-refractivity contribution in [1.82, 2.24) is 4.90 Å². The van der Waals surface area contributed by atoms with Crippen LogP contribution in [0.15, 0.2) is 48.5 Å². The second-order valence-electron chi connectivity index (χ2n) is 6.90. The number of anilines is 1. The van der Waals surface area contributed by atoms with Crippen molar-refractivity contribution in [3.05, 3.63) is 59.7 Å². The molecule has 1 aliphatic heterocycles. The van der Waals surface area contributed by atoms with Gasteiger partial charge in [0.2, 0.25) is 0 Å². The van der Waals surface area contributed by atoms with Crippen LogP contribution in [0.1, 0.15) is 24.0 Å². The van der Waals surface area contributed by atoms with Gasteiger partial charge in [-0.2, -0.15) is 0 Å². The first-order valence-corrected chi connectivity index (χ1v) is 8.96. The summed E-state index contributed by atoms with van der Waals surface area (Å²) < 4.78 is 0. The number of piperidine rings is 1. The molecule has 3 rings (SSSR count). The zero-order chi connectivity index (χ0) is 18.5. The standard InChI is InChI=1S/C21H24N2O3/c1-15-7-8-19(24)18(13-15)22-20(25)21(26)23-11-9-17(10-12-23)14-16-5-3-2-4-6-16/h2-8,13,17,24H,9-12,14H2,1H3,(H,22,25). The Morgan fingerprint density at radius 2 is 1.81 bits per heavy atom. The van der Waals surface area contributed by atoms with E-state index in [2.05, 4.69) is 17.4 Å². The molecule has 0 atom stereocenters. The maximum absolute atomic E-state index is 12.4. The average molecular weight is 352 g/mol. The number of rotatable bonds is 3. The number of hydrogen-bond acceptors (Lipinski definition) is 3. The topological polar surface area (TPSA) is 69.6 Å². The molecule has 1 saturated heterocycles. The molecule has 0 bridgehead atoms. The highest BCUT2D eigenvalue weighted by atomic mass is 16.3. The minimum atomic E-state index is -0.701. The molecule has 2 aromatic carbocycles. The SMILES string of the molecule is Cc1ccc(O)c(NC(=O)C(=O)N2CCC(Cc3ccccc3)CC2)c1. The van der Waals surface area contributed by atoms with Gasteiger partial charge in [-0.1, -0.05) is 36.4 Å². The molecule has 2 N–H and O–H groups in total. The molecule has 5 nitrogen and oxygen atoms in total. The number of amides is 2. The molecule has 1 heterocycles. The van der Waals surface area contributed by atoms with Crippen LogP contribution in [-0.2, 0) is 16.0 Å². The number of phenols is 1. The lowest BCUT2D eigenvalue weighted by atomic mass is 9.90. The average Bonchev–Trinajstić information content (AvgIpc) is 2.65. The van der Waals surface area contributed by atoms with Crippen molar-refractivity contribution in [3.8, 4) is 5.75 Å². The minimum absolute atomic E-state index is 0.0432. The number of phenolic OH excluding ortho intramolecular Hbond substituents is 1. The van der Waals surface area contributed by atoms with Crippen LogP contribution in [0.25, 0.3) is 0 Å². The predicted molar refractivity (Wildman–Crippen MR) is 101 cm³/mol. The monoisotopic (exact) mass is 352 g/mol. The van der Waals surface area contributed by atoms with Crippen LogP contribution >= 0.6 is 0 Å². The second kappa shape index (κ2) is 8.04. The van der Waals surface area contributed by atoms with E-state index in [1.807, 2.05) is 25.1 Å². The van der Waals surface area contributed by atoms with Crippen LogP contribution in [0.3, 0.4) is 0 Å². The van der Waals surface area contributed by atoms with E-state index in [1.54, 1.807) is 17.0 Å². The number of carbonyl (C=O) groups is 2. The number of aromatic hydroxyl groups is 1. The fourth-order valence-corrected chi connectivity index (χ4v) is 3.36. The fourth-order valence-electron chi connectivity index (χ4n) is 3.36. The van der Waals surface area contributed by atoms with Gasteiger partial charge in [-0.05, 0) is 55.4 Å². The third-order valence-electron chi connectivity index (χ3n) is 4.86. The Hall–Kier alpha value is -2.82. The van der Waals surface area contributed by atoms with Gasteiger partial charge in [0, 0.05) is 13.1 Å². The molecular weight excluding hydrogens is 328 g/mol. The molecule has 0 aliphatic carbocycles. The molecule has 2 amide bonds. The van der Waals surface area contributed by atoms with Gasteiger partial charge in [-0.25, -0.2) is 0 Å². The highest BCUT2D eigenvalue weighted by Crippen LogP contribution is 2.25. The van der Waals surface area contributed by atoms with Crippen LogP contribution in [0.5, 0.6) is 5.75 Å². The summed E-state index contributed by atoms with van der Waals surface area (Å²) in [5, 5.41) is 12.3. The quantitative estimate of drug-likeness (QED) is 0.659. The molecule has 0 aromatic heterocycles. The summed E-state index contributed by atoms with van der Waals surface area (Å²) in [5.74, 6) is -0.750. The predicted octanol–water partition coefficient (Wildman–Crippen LogP) is 3.12. The number of hydrogen-bond donors (Lipinski definition) is 2. The summed E-state index contributed by atoms with van der Waals surface area (Å²) in [6.45, 7) is 3.03. The van der Waals surface area contributed by atoms with E-state index in [1.165, 1.54) is 11.6 Å². The maximum atomic E-state index is 12.4. The van der Waals surface area contributed by atoms with E-state index < -0.39 is 11.8 Å². The van der Waals surface area contributed by atoms with Crippen molar-refractivity contribution in [2.45, 2.75) is 26.2 Å². The van der Waals surface area contributed by atoms with Crippen molar-refractivity contribution in [2.24, 2.45) is 5.92 Å². The molecule has 26 heavy (non-hydrogen) atoms. The number of aryl methyl sites for hydroxylation is 1. The highest BCUT2D eigenvalue weighted by molar-refractivity contribution is 6.39. The van der Waals surface area contributed by atoms with E-state index in [-0.39, 0.29) is 11.4 Å². The number of nitrogens with zero attached hydrogens (tertiary/aromatic N) is 1. The molecule has 0 radical (unpaired) electrons. The third-order valence-corrected chi connectivity index (χ3v) is 4.86. The van der Waals surface area contributed by atoms with Gasteiger partial charge < -0.3 is 15.3 Å². The lowest BCUT2D eigenvalue weighted by molar-refractivity contribution is -0.144. The molecule has 0 spiro atoms. The Labute approximate surface area is 153 Å². The van der Waals surface area contributed by atoms with Crippen molar-refractivity contribution in [1.29, 1.82) is 0 Å². The maximum Gasteiger partial charge on any atom is 0.314 e. The van der Waals surface area contributed by atoms with Crippen molar-refractivity contribution in [3.63, 3.8) is 0 Å². The lowest BCUT2D eigenvalue weighted by Gasteiger charge is -2.31. The molecular formula is C21H24N2O3. The molecule has 5 heteroatoms. The minimum Gasteiger partial charge on any atom is -0.506 e. The smallest absolute Gasteiger partial charge is 0.314 e. The first kappa shape index (κ1) is 18.0. The summed E-state index contributed by atoms with van der Waals surface area (Å²) in [4.78, 5) is 26.2. The normalized spacial score (nSPS) is 14.9. The van der Waals surface area contributed by atoms with E-state index in [0.717, 1.165) is 24.8 Å². The Balaban J connectivity index is 1.53. The second-order valence-corrected chi connectivity index (χ2v) is 6.90. The first-order valence-electron chi connectivity index (χ1n) is 8.96. The lowest BCUT2D eigenvalue weighted by Crippen LogP contribution is -2.44. The third kappa shape index (κ3) is 4.42. The summed E-state index contributed by atoms with van der Waals surface area (Å²) >= 11 is 0. The molecule has 1 aliphatic rings. The van der Waals surface area contributed by atoms with Gasteiger partial charge in [0.1, 0.15) is 5.75 Å². The van der Waals surface area contributed by atoms with Crippen molar-refractivity contribution >= 4 is 17.5 Å². The van der Waals surface area contributed by atoms with E-state index in [0.29, 0.717) is 19.0 Å². The van der Waals surface area contributed by atoms with Gasteiger partial charge in [0.05, 0.1) is 5.69 Å². The van der Waals surface area contributed by atoms with E-state index in [4.69, 9.17) is 0 Å². The van der Waals surface area contributed by atoms with E-state index >= 15 is 0 Å². The summed E-state index contributed by atoms with van der Waals surface area (Å²) in [6.07, 6.45) is 2.79. The molecule has 136 valence electrons. The summed E-state index contributed by atoms with van der Waals surface area (Å²) in [5.41, 5.74) is 2.47. The first-order chi connectivity index (χ1) is 12.5. The van der Waals surface area contributed by atoms with Gasteiger partial charge in [0.15, 0.2) is 0 Å². The summed E-state index contributed by atoms with van der Waals surface area (Å²) in [6, 6.07) is 15.2. The number of nitrogens with one attached hydrogen (secondary N) is 1. The van der Waals surface area contributed by atoms with Gasteiger partial charge in [0.25, 0.3) is 0 Å². The fraction of sp³-hybridized carbons (Fsp3) is 0.333. The van der Waals surface area contributed by atoms with Crippen molar-refractivity contribution in [2.75, 3.05) is 18.4 Å². The largest absolute Gasteiger partial charge is 0.506 e. The van der Waals surface area contributed by atoms with Crippen LogP contribution in [0, 0.1) is 12.8 Å². The van der Waals surface area contributed by atoms with Crippen molar-refractivity contribution < 1.29 is 14.7 Å². The Bertz CT molecular complexity index is 781. The van der Waals surface area contributed by atoms with E-state index in [9.17, 15) is 14.7 Å². The Kier molecular flexibility index (Phi) is 5.56. The highest BCUT2D eigenvalue weighted by Gasteiger charge is 2.27. The summed E-state index contributed by atoms with van der Waals surface area (Å²) in [7, 11) is 0. The van der Waals surface area contributed by atoms with Crippen LogP contribution in [0.4, 0.5) is 5.69 Å². The number of carbonyl (C=O) groups excluding carboxylic acids is 2. The zero-order valence-corrected chi connectivity index (χ0v) is 14.9. The Morgan fingerprint density at radius 1 is 1.12 bits per heavy atom. The molecule has 0 unspecified atom stereocenters. The molecule has 0 saturated carbocycles. The zero-order valence-electron chi connectivity index (χ0n) is 14.9. The number of likely N-dealkylation sites (tertiary alicyclic amines) is 1. The molecule has 1 fully saturated rings. The van der Waals surface area contributed by atoms with Crippen LogP contribution in [-0.4, -0.2) is 34.9 Å². The van der Waals surface area contributed by atoms with Gasteiger partial charge in [-0.3, -0.25) is 9.59 Å². The van der Waals surface area contributed by atoms with Crippen LogP contribution < -0.4 is 5.32 Å². The Morgan fingerprint density at radius 3 is 2.50 bits per heavy atom. The number of benzene rings is 2. The van der Waals surface area contributed by atoms with Gasteiger partial charge >= 0.3 is 11.8 Å². The van der Waals surface area contributed by atoms with Gasteiger partial charge in [-0.15, -0.1) is 0 Å². The van der Waals surface area contributed by atoms with Crippen LogP contribution in [0.2, 0.25) is 0 Å². The molecule has 2 aromatic rings.